The Balaban J connectivity index is 2.34. The Morgan fingerprint density at radius 2 is 2.21 bits per heavy atom. The predicted octanol–water partition coefficient (Wildman–Crippen LogP) is 0.600. The fourth-order valence-electron chi connectivity index (χ4n) is 1.58. The minimum absolute atomic E-state index is 0.0857. The first-order valence-corrected chi connectivity index (χ1v) is 8.11. The Bertz CT molecular complexity index is 383. The standard InChI is InChI=1S/C11H21NO6S/c1-3-4-6-17-11(13)12-5-7-16-10(8-12)9-18-19(2,14)15/h10H,3-9H2,1-2H3/t10-/m1/s1. The maximum atomic E-state index is 11.7. The van der Waals surface area contributed by atoms with E-state index in [1.807, 2.05) is 6.92 Å². The molecule has 1 amide bonds. The van der Waals surface area contributed by atoms with Crippen LogP contribution in [-0.4, -0.2) is 64.7 Å². The zero-order valence-corrected chi connectivity index (χ0v) is 12.1. The third kappa shape index (κ3) is 6.74. The summed E-state index contributed by atoms with van der Waals surface area (Å²) in [6.45, 7) is 3.40. The highest BCUT2D eigenvalue weighted by molar-refractivity contribution is 7.85. The van der Waals surface area contributed by atoms with Gasteiger partial charge in [-0.2, -0.15) is 8.42 Å². The van der Waals surface area contributed by atoms with Crippen molar-refractivity contribution in [3.63, 3.8) is 0 Å². The second kappa shape index (κ2) is 7.66. The van der Waals surface area contributed by atoms with Crippen LogP contribution in [0.4, 0.5) is 4.79 Å². The summed E-state index contributed by atoms with van der Waals surface area (Å²) in [4.78, 5) is 13.2. The van der Waals surface area contributed by atoms with Gasteiger partial charge in [0.2, 0.25) is 0 Å². The molecule has 0 N–H and O–H groups in total. The highest BCUT2D eigenvalue weighted by Gasteiger charge is 2.26. The zero-order valence-electron chi connectivity index (χ0n) is 11.3. The number of carbonyl (C=O) groups is 1. The number of unbranched alkanes of at least 4 members (excludes halogenated alkanes) is 1. The summed E-state index contributed by atoms with van der Waals surface area (Å²) in [7, 11) is -3.49. The average molecular weight is 295 g/mol. The lowest BCUT2D eigenvalue weighted by Gasteiger charge is -2.31. The van der Waals surface area contributed by atoms with Crippen LogP contribution in [0.3, 0.4) is 0 Å². The maximum absolute atomic E-state index is 11.7. The van der Waals surface area contributed by atoms with E-state index in [9.17, 15) is 13.2 Å². The molecule has 1 fully saturated rings. The number of amides is 1. The molecule has 0 radical (unpaired) electrons. The van der Waals surface area contributed by atoms with Crippen molar-refractivity contribution in [1.82, 2.24) is 4.90 Å². The molecule has 1 aliphatic rings. The minimum atomic E-state index is -3.49. The Kier molecular flexibility index (Phi) is 6.53. The largest absolute Gasteiger partial charge is 0.449 e. The Hall–Kier alpha value is -0.860. The molecule has 0 aromatic heterocycles. The molecule has 1 atom stereocenters. The van der Waals surface area contributed by atoms with Gasteiger partial charge in [0.25, 0.3) is 10.1 Å². The van der Waals surface area contributed by atoms with Crippen LogP contribution < -0.4 is 0 Å². The minimum Gasteiger partial charge on any atom is -0.449 e. The number of hydrogen-bond acceptors (Lipinski definition) is 6. The molecule has 0 bridgehead atoms. The Morgan fingerprint density at radius 1 is 1.47 bits per heavy atom. The van der Waals surface area contributed by atoms with E-state index in [0.29, 0.717) is 19.8 Å². The maximum Gasteiger partial charge on any atom is 0.409 e. The van der Waals surface area contributed by atoms with Crippen molar-refractivity contribution in [3.8, 4) is 0 Å². The summed E-state index contributed by atoms with van der Waals surface area (Å²) in [5, 5.41) is 0. The lowest BCUT2D eigenvalue weighted by atomic mass is 10.3. The molecule has 19 heavy (non-hydrogen) atoms. The summed E-state index contributed by atoms with van der Waals surface area (Å²) in [5.74, 6) is 0. The summed E-state index contributed by atoms with van der Waals surface area (Å²) in [6, 6.07) is 0. The van der Waals surface area contributed by atoms with E-state index in [2.05, 4.69) is 4.18 Å². The van der Waals surface area contributed by atoms with Crippen LogP contribution in [0.5, 0.6) is 0 Å². The van der Waals surface area contributed by atoms with Crippen LogP contribution in [0.2, 0.25) is 0 Å². The SMILES string of the molecule is CCCCOC(=O)N1CCO[C@@H](COS(C)(=O)=O)C1. The van der Waals surface area contributed by atoms with Gasteiger partial charge in [0.15, 0.2) is 0 Å². The predicted molar refractivity (Wildman–Crippen MR) is 68.4 cm³/mol. The van der Waals surface area contributed by atoms with E-state index in [1.165, 1.54) is 4.90 Å². The summed E-state index contributed by atoms with van der Waals surface area (Å²) in [6.07, 6.45) is 1.94. The van der Waals surface area contributed by atoms with Crippen molar-refractivity contribution in [2.24, 2.45) is 0 Å². The molecule has 0 saturated carbocycles. The molecule has 8 heteroatoms. The van der Waals surface area contributed by atoms with Gasteiger partial charge in [0, 0.05) is 6.54 Å². The number of rotatable bonds is 6. The van der Waals surface area contributed by atoms with Crippen molar-refractivity contribution in [2.45, 2.75) is 25.9 Å². The number of hydrogen-bond donors (Lipinski definition) is 0. The van der Waals surface area contributed by atoms with E-state index in [1.54, 1.807) is 0 Å². The molecular formula is C11H21NO6S. The molecule has 0 aliphatic carbocycles. The third-order valence-corrected chi connectivity index (χ3v) is 3.15. The fourth-order valence-corrected chi connectivity index (χ4v) is 1.98. The average Bonchev–Trinajstić information content (AvgIpc) is 2.36. The second-order valence-corrected chi connectivity index (χ2v) is 6.04. The van der Waals surface area contributed by atoms with Crippen molar-refractivity contribution in [2.75, 3.05) is 39.2 Å². The van der Waals surface area contributed by atoms with E-state index < -0.39 is 16.2 Å². The van der Waals surface area contributed by atoms with Crippen LogP contribution in [0.25, 0.3) is 0 Å². The molecule has 0 spiro atoms. The van der Waals surface area contributed by atoms with Gasteiger partial charge < -0.3 is 14.4 Å². The van der Waals surface area contributed by atoms with E-state index in [-0.39, 0.29) is 19.2 Å². The molecular weight excluding hydrogens is 274 g/mol. The number of ether oxygens (including phenoxy) is 2. The van der Waals surface area contributed by atoms with Gasteiger partial charge in [-0.05, 0) is 6.42 Å². The Morgan fingerprint density at radius 3 is 2.84 bits per heavy atom. The number of morpholine rings is 1. The summed E-state index contributed by atoms with van der Waals surface area (Å²) >= 11 is 0. The van der Waals surface area contributed by atoms with Gasteiger partial charge in [-0.3, -0.25) is 4.18 Å². The second-order valence-electron chi connectivity index (χ2n) is 4.40. The fraction of sp³-hybridized carbons (Fsp3) is 0.909. The van der Waals surface area contributed by atoms with Crippen LogP contribution in [-0.2, 0) is 23.8 Å². The normalized spacial score (nSPS) is 20.3. The van der Waals surface area contributed by atoms with Crippen molar-refractivity contribution < 1.29 is 26.9 Å². The summed E-state index contributed by atoms with van der Waals surface area (Å²) < 4.78 is 36.9. The number of carbonyl (C=O) groups excluding carboxylic acids is 1. The van der Waals surface area contributed by atoms with E-state index in [0.717, 1.165) is 19.1 Å². The van der Waals surface area contributed by atoms with Crippen LogP contribution in [0, 0.1) is 0 Å². The molecule has 1 heterocycles. The topological polar surface area (TPSA) is 82.1 Å². The quantitative estimate of drug-likeness (QED) is 0.527. The molecule has 0 aromatic rings. The van der Waals surface area contributed by atoms with Gasteiger partial charge in [-0.1, -0.05) is 13.3 Å². The highest BCUT2D eigenvalue weighted by atomic mass is 32.2. The highest BCUT2D eigenvalue weighted by Crippen LogP contribution is 2.08. The van der Waals surface area contributed by atoms with Crippen molar-refractivity contribution in [1.29, 1.82) is 0 Å². The molecule has 1 saturated heterocycles. The van der Waals surface area contributed by atoms with Crippen molar-refractivity contribution >= 4 is 16.2 Å². The van der Waals surface area contributed by atoms with Crippen molar-refractivity contribution in [3.05, 3.63) is 0 Å². The van der Waals surface area contributed by atoms with Crippen LogP contribution in [0.1, 0.15) is 19.8 Å². The van der Waals surface area contributed by atoms with Gasteiger partial charge in [0.05, 0.1) is 32.6 Å². The lowest BCUT2D eigenvalue weighted by Crippen LogP contribution is -2.47. The molecule has 1 aliphatic heterocycles. The Labute approximate surface area is 113 Å². The monoisotopic (exact) mass is 295 g/mol. The first-order valence-electron chi connectivity index (χ1n) is 6.30. The van der Waals surface area contributed by atoms with Crippen LogP contribution >= 0.6 is 0 Å². The summed E-state index contributed by atoms with van der Waals surface area (Å²) in [5.41, 5.74) is 0. The third-order valence-electron chi connectivity index (χ3n) is 2.59. The number of nitrogens with zero attached hydrogens (tertiary/aromatic N) is 1. The molecule has 1 rings (SSSR count). The molecule has 0 unspecified atom stereocenters. The lowest BCUT2D eigenvalue weighted by molar-refractivity contribution is -0.0441. The molecule has 0 aromatic carbocycles. The first kappa shape index (κ1) is 16.2. The van der Waals surface area contributed by atoms with Crippen LogP contribution in [0.15, 0.2) is 0 Å². The zero-order chi connectivity index (χ0) is 14.3. The smallest absolute Gasteiger partial charge is 0.409 e. The molecule has 112 valence electrons. The van der Waals surface area contributed by atoms with Gasteiger partial charge in [-0.25, -0.2) is 4.79 Å². The van der Waals surface area contributed by atoms with E-state index in [4.69, 9.17) is 9.47 Å². The van der Waals surface area contributed by atoms with Gasteiger partial charge >= 0.3 is 6.09 Å². The van der Waals surface area contributed by atoms with Gasteiger partial charge in [-0.15, -0.1) is 0 Å². The molecule has 7 nitrogen and oxygen atoms in total. The van der Waals surface area contributed by atoms with Gasteiger partial charge in [0.1, 0.15) is 6.10 Å². The first-order chi connectivity index (χ1) is 8.92. The van der Waals surface area contributed by atoms with E-state index >= 15 is 0 Å².